The van der Waals surface area contributed by atoms with Crippen molar-refractivity contribution in [1.29, 1.82) is 0 Å². The molecular weight excluding hydrogens is 248 g/mol. The van der Waals surface area contributed by atoms with Crippen LogP contribution in [0.2, 0.25) is 0 Å². The number of nitrogens with one attached hydrogen (secondary N) is 1. The van der Waals surface area contributed by atoms with Crippen LogP contribution in [0.15, 0.2) is 12.3 Å². The Hall–Kier alpha value is -1.73. The molecule has 0 bridgehead atoms. The first-order valence-corrected chi connectivity index (χ1v) is 6.07. The van der Waals surface area contributed by atoms with Gasteiger partial charge in [-0.1, -0.05) is 0 Å². The second-order valence-corrected chi connectivity index (χ2v) is 4.34. The van der Waals surface area contributed by atoms with Crippen molar-refractivity contribution in [2.75, 3.05) is 45.7 Å². The molecule has 0 fully saturated rings. The van der Waals surface area contributed by atoms with Crippen molar-refractivity contribution >= 4 is 11.5 Å². The predicted octanol–water partition coefficient (Wildman–Crippen LogP) is 1.29. The number of ether oxygens (including phenoxy) is 1. The Morgan fingerprint density at radius 1 is 1.53 bits per heavy atom. The summed E-state index contributed by atoms with van der Waals surface area (Å²) in [6, 6.07) is 1.46. The summed E-state index contributed by atoms with van der Waals surface area (Å²) < 4.78 is 4.98. The zero-order valence-electron chi connectivity index (χ0n) is 11.5. The van der Waals surface area contributed by atoms with Crippen LogP contribution in [0.3, 0.4) is 0 Å². The van der Waals surface area contributed by atoms with Crippen molar-refractivity contribution in [3.05, 3.63) is 27.9 Å². The first-order chi connectivity index (χ1) is 9.04. The number of anilines is 1. The smallest absolute Gasteiger partial charge is 0.277 e. The number of aromatic nitrogens is 1. The van der Waals surface area contributed by atoms with E-state index in [1.165, 1.54) is 12.3 Å². The highest BCUT2D eigenvalue weighted by molar-refractivity contribution is 5.48. The van der Waals surface area contributed by atoms with Gasteiger partial charge in [0.15, 0.2) is 0 Å². The van der Waals surface area contributed by atoms with Crippen molar-refractivity contribution in [1.82, 2.24) is 9.88 Å². The highest BCUT2D eigenvalue weighted by atomic mass is 16.6. The van der Waals surface area contributed by atoms with Gasteiger partial charge in [-0.25, -0.2) is 4.98 Å². The van der Waals surface area contributed by atoms with Gasteiger partial charge in [-0.3, -0.25) is 10.1 Å². The highest BCUT2D eigenvalue weighted by Gasteiger charge is 2.11. The van der Waals surface area contributed by atoms with Gasteiger partial charge < -0.3 is 15.0 Å². The molecular formula is C12H20N4O3. The Morgan fingerprint density at radius 3 is 2.89 bits per heavy atom. The molecule has 1 aromatic heterocycles. The highest BCUT2D eigenvalue weighted by Crippen LogP contribution is 2.19. The number of hydrogen-bond acceptors (Lipinski definition) is 6. The molecule has 0 aliphatic heterocycles. The van der Waals surface area contributed by atoms with Crippen LogP contribution in [0.25, 0.3) is 0 Å². The van der Waals surface area contributed by atoms with Gasteiger partial charge in [0.05, 0.1) is 17.6 Å². The summed E-state index contributed by atoms with van der Waals surface area (Å²) in [4.78, 5) is 16.6. The molecule has 0 aromatic carbocycles. The molecule has 7 nitrogen and oxygen atoms in total. The Labute approximate surface area is 112 Å². The van der Waals surface area contributed by atoms with E-state index in [9.17, 15) is 10.1 Å². The quantitative estimate of drug-likeness (QED) is 0.565. The molecule has 7 heteroatoms. The van der Waals surface area contributed by atoms with Crippen LogP contribution in [0, 0.1) is 17.0 Å². The van der Waals surface area contributed by atoms with Gasteiger partial charge >= 0.3 is 0 Å². The lowest BCUT2D eigenvalue weighted by Gasteiger charge is -2.16. The average molecular weight is 268 g/mol. The molecule has 0 amide bonds. The summed E-state index contributed by atoms with van der Waals surface area (Å²) in [5, 5.41) is 13.9. The molecule has 0 saturated heterocycles. The van der Waals surface area contributed by atoms with E-state index >= 15 is 0 Å². The van der Waals surface area contributed by atoms with Crippen LogP contribution in [-0.2, 0) is 4.74 Å². The Balaban J connectivity index is 2.45. The third kappa shape index (κ3) is 5.19. The number of rotatable bonds is 8. The van der Waals surface area contributed by atoms with Crippen LogP contribution < -0.4 is 5.32 Å². The largest absolute Gasteiger partial charge is 0.383 e. The van der Waals surface area contributed by atoms with Crippen molar-refractivity contribution in [3.63, 3.8) is 0 Å². The van der Waals surface area contributed by atoms with E-state index in [-0.39, 0.29) is 5.69 Å². The number of hydrogen-bond donors (Lipinski definition) is 1. The van der Waals surface area contributed by atoms with Crippen LogP contribution in [-0.4, -0.2) is 55.2 Å². The van der Waals surface area contributed by atoms with E-state index in [1.807, 2.05) is 7.05 Å². The fourth-order valence-corrected chi connectivity index (χ4v) is 1.54. The van der Waals surface area contributed by atoms with Gasteiger partial charge in [0.25, 0.3) is 5.69 Å². The third-order valence-electron chi connectivity index (χ3n) is 2.75. The molecule has 0 aliphatic carbocycles. The maximum absolute atomic E-state index is 10.8. The topological polar surface area (TPSA) is 80.5 Å². The first-order valence-electron chi connectivity index (χ1n) is 6.07. The van der Waals surface area contributed by atoms with Gasteiger partial charge in [0.2, 0.25) is 0 Å². The molecule has 0 spiro atoms. The molecule has 0 radical (unpaired) electrons. The second kappa shape index (κ2) is 7.65. The van der Waals surface area contributed by atoms with Crippen molar-refractivity contribution < 1.29 is 9.66 Å². The molecule has 106 valence electrons. The van der Waals surface area contributed by atoms with Crippen molar-refractivity contribution in [3.8, 4) is 0 Å². The van der Waals surface area contributed by atoms with Gasteiger partial charge in [0.1, 0.15) is 5.82 Å². The number of pyridine rings is 1. The minimum absolute atomic E-state index is 0.0882. The molecule has 0 saturated carbocycles. The van der Waals surface area contributed by atoms with Crippen molar-refractivity contribution in [2.24, 2.45) is 0 Å². The van der Waals surface area contributed by atoms with E-state index in [0.29, 0.717) is 24.5 Å². The Kier molecular flexibility index (Phi) is 6.17. The predicted molar refractivity (Wildman–Crippen MR) is 73.5 cm³/mol. The Morgan fingerprint density at radius 2 is 2.26 bits per heavy atom. The van der Waals surface area contributed by atoms with Crippen LogP contribution in [0.5, 0.6) is 0 Å². The lowest BCUT2D eigenvalue weighted by Crippen LogP contribution is -2.28. The number of aryl methyl sites for hydroxylation is 1. The van der Waals surface area contributed by atoms with E-state index in [2.05, 4.69) is 15.2 Å². The van der Waals surface area contributed by atoms with Gasteiger partial charge in [0, 0.05) is 38.5 Å². The third-order valence-corrected chi connectivity index (χ3v) is 2.75. The molecule has 1 rings (SSSR count). The average Bonchev–Trinajstić information content (AvgIpc) is 2.38. The van der Waals surface area contributed by atoms with E-state index in [4.69, 9.17) is 4.74 Å². The number of nitro groups is 1. The molecule has 1 aromatic rings. The van der Waals surface area contributed by atoms with Gasteiger partial charge in [-0.05, 0) is 14.0 Å². The molecule has 19 heavy (non-hydrogen) atoms. The van der Waals surface area contributed by atoms with Crippen molar-refractivity contribution in [2.45, 2.75) is 6.92 Å². The molecule has 1 N–H and O–H groups in total. The summed E-state index contributed by atoms with van der Waals surface area (Å²) >= 11 is 0. The lowest BCUT2D eigenvalue weighted by atomic mass is 10.2. The Bertz CT molecular complexity index is 425. The van der Waals surface area contributed by atoms with Crippen LogP contribution in [0.4, 0.5) is 11.5 Å². The summed E-state index contributed by atoms with van der Waals surface area (Å²) in [5.41, 5.74) is 0.651. The SMILES string of the molecule is COCCN(C)CCNc1cc([N+](=O)[O-])c(C)cn1. The standard InChI is InChI=1S/C12H20N4O3/c1-10-9-14-12(8-11(10)16(17)18)13-4-5-15(2)6-7-19-3/h8-9H,4-7H2,1-3H3,(H,13,14). The molecule has 0 unspecified atom stereocenters. The summed E-state index contributed by atoms with van der Waals surface area (Å²) in [7, 11) is 3.66. The number of nitrogens with zero attached hydrogens (tertiary/aromatic N) is 3. The zero-order chi connectivity index (χ0) is 14.3. The van der Waals surface area contributed by atoms with Gasteiger partial charge in [-0.2, -0.15) is 0 Å². The number of likely N-dealkylation sites (N-methyl/N-ethyl adjacent to an activating group) is 1. The second-order valence-electron chi connectivity index (χ2n) is 4.34. The van der Waals surface area contributed by atoms with E-state index in [1.54, 1.807) is 14.0 Å². The monoisotopic (exact) mass is 268 g/mol. The molecule has 0 atom stereocenters. The fraction of sp³-hybridized carbons (Fsp3) is 0.583. The molecule has 1 heterocycles. The maximum atomic E-state index is 10.8. The maximum Gasteiger partial charge on any atom is 0.277 e. The van der Waals surface area contributed by atoms with E-state index in [0.717, 1.165) is 13.1 Å². The minimum atomic E-state index is -0.396. The minimum Gasteiger partial charge on any atom is -0.383 e. The van der Waals surface area contributed by atoms with Gasteiger partial charge in [-0.15, -0.1) is 0 Å². The summed E-state index contributed by atoms with van der Waals surface area (Å²) in [6.07, 6.45) is 1.51. The van der Waals surface area contributed by atoms with Crippen LogP contribution in [0.1, 0.15) is 5.56 Å². The summed E-state index contributed by atoms with van der Waals surface area (Å²) in [6.45, 7) is 4.69. The first kappa shape index (κ1) is 15.3. The molecule has 0 aliphatic rings. The zero-order valence-corrected chi connectivity index (χ0v) is 11.5. The van der Waals surface area contributed by atoms with E-state index < -0.39 is 4.92 Å². The fourth-order valence-electron chi connectivity index (χ4n) is 1.54. The van der Waals surface area contributed by atoms with Crippen LogP contribution >= 0.6 is 0 Å². The summed E-state index contributed by atoms with van der Waals surface area (Å²) in [5.74, 6) is 0.525. The number of methoxy groups -OCH3 is 1. The lowest BCUT2D eigenvalue weighted by molar-refractivity contribution is -0.385. The normalized spacial score (nSPS) is 10.7.